The summed E-state index contributed by atoms with van der Waals surface area (Å²) in [6, 6.07) is 8.86. The molecule has 1 aliphatic heterocycles. The number of carbonyl (C=O) groups excluding carboxylic acids is 1. The van der Waals surface area contributed by atoms with Crippen LogP contribution < -0.4 is 5.32 Å². The number of allylic oxidation sites excluding steroid dienone is 1. The van der Waals surface area contributed by atoms with Crippen molar-refractivity contribution in [2.75, 3.05) is 0 Å². The highest BCUT2D eigenvalue weighted by Crippen LogP contribution is 2.35. The fourth-order valence-corrected chi connectivity index (χ4v) is 4.19. The molecule has 0 saturated heterocycles. The molecule has 1 fully saturated rings. The van der Waals surface area contributed by atoms with E-state index >= 15 is 0 Å². The molecule has 4 nitrogen and oxygen atoms in total. The Balaban J connectivity index is 1.57. The Bertz CT molecular complexity index is 718. The molecule has 1 aromatic rings. The molecule has 24 heavy (non-hydrogen) atoms. The molecule has 2 N–H and O–H groups in total. The summed E-state index contributed by atoms with van der Waals surface area (Å²) in [6.45, 7) is 2.05. The van der Waals surface area contributed by atoms with Crippen molar-refractivity contribution in [1.29, 1.82) is 0 Å². The van der Waals surface area contributed by atoms with Crippen molar-refractivity contribution in [3.8, 4) is 0 Å². The predicted molar refractivity (Wildman–Crippen MR) is 94.4 cm³/mol. The lowest BCUT2D eigenvalue weighted by Crippen LogP contribution is -2.39. The van der Waals surface area contributed by atoms with E-state index in [0.717, 1.165) is 18.4 Å². The summed E-state index contributed by atoms with van der Waals surface area (Å²) < 4.78 is 0. The highest BCUT2D eigenvalue weighted by atomic mass is 16.3. The number of Topliss-reactive ketones (excluding diaryl/α,β-unsaturated/α-hetero) is 1. The second-order valence-corrected chi connectivity index (χ2v) is 7.34. The van der Waals surface area contributed by atoms with Gasteiger partial charge in [0.15, 0.2) is 5.78 Å². The number of benzene rings is 1. The number of aliphatic imine (C=N–C) groups is 1. The monoisotopic (exact) mass is 324 g/mol. The van der Waals surface area contributed by atoms with E-state index in [2.05, 4.69) is 36.5 Å². The maximum Gasteiger partial charge on any atom is 0.170 e. The first kappa shape index (κ1) is 15.4. The smallest absolute Gasteiger partial charge is 0.170 e. The Kier molecular flexibility index (Phi) is 3.91. The Hall–Kier alpha value is -2.10. The van der Waals surface area contributed by atoms with Crippen LogP contribution in [-0.4, -0.2) is 28.8 Å². The minimum atomic E-state index is 0.00854. The molecule has 4 heteroatoms. The summed E-state index contributed by atoms with van der Waals surface area (Å²) in [7, 11) is 0. The van der Waals surface area contributed by atoms with Crippen molar-refractivity contribution in [3.05, 3.63) is 46.7 Å². The molecule has 0 radical (unpaired) electrons. The number of amidine groups is 1. The van der Waals surface area contributed by atoms with Crippen molar-refractivity contribution in [1.82, 2.24) is 5.32 Å². The standard InChI is InChI=1S/C20H24N2O2/c1-12-6-8-13(9-7-12)14-10-17(23)19(18(24)11-14)20-21-15-4-2-3-5-16(15)22-20/h6-9,14-16,23H,2-5,10-11H2,1H3,(H,21,22)/t14?,15-,16-/m0/s1. The van der Waals surface area contributed by atoms with Gasteiger partial charge < -0.3 is 10.4 Å². The Morgan fingerprint density at radius 2 is 1.88 bits per heavy atom. The van der Waals surface area contributed by atoms with E-state index in [1.165, 1.54) is 18.4 Å². The first-order chi connectivity index (χ1) is 11.6. The van der Waals surface area contributed by atoms with E-state index < -0.39 is 0 Å². The zero-order valence-electron chi connectivity index (χ0n) is 14.1. The van der Waals surface area contributed by atoms with Gasteiger partial charge in [0.25, 0.3) is 0 Å². The number of aliphatic hydroxyl groups is 1. The van der Waals surface area contributed by atoms with Crippen LogP contribution in [0.2, 0.25) is 0 Å². The number of carbonyl (C=O) groups is 1. The van der Waals surface area contributed by atoms with Crippen molar-refractivity contribution in [2.45, 2.75) is 63.5 Å². The van der Waals surface area contributed by atoms with E-state index in [9.17, 15) is 9.90 Å². The third-order valence-electron chi connectivity index (χ3n) is 5.57. The number of rotatable bonds is 2. The van der Waals surface area contributed by atoms with Crippen molar-refractivity contribution in [3.63, 3.8) is 0 Å². The lowest BCUT2D eigenvalue weighted by molar-refractivity contribution is -0.116. The molecule has 0 bridgehead atoms. The molecule has 0 aromatic heterocycles. The third kappa shape index (κ3) is 2.74. The van der Waals surface area contributed by atoms with Crippen LogP contribution in [-0.2, 0) is 4.79 Å². The van der Waals surface area contributed by atoms with E-state index in [1.54, 1.807) is 0 Å². The quantitative estimate of drug-likeness (QED) is 0.874. The number of aliphatic hydroxyl groups excluding tert-OH is 1. The van der Waals surface area contributed by atoms with E-state index in [1.807, 2.05) is 0 Å². The summed E-state index contributed by atoms with van der Waals surface area (Å²) in [4.78, 5) is 17.4. The SMILES string of the molecule is Cc1ccc(C2CC(=O)C(C3=N[C@H]4CCCC[C@@H]4N3)=C(O)C2)cc1. The summed E-state index contributed by atoms with van der Waals surface area (Å²) in [5.74, 6) is 0.902. The van der Waals surface area contributed by atoms with Gasteiger partial charge in [0.1, 0.15) is 11.6 Å². The number of fused-ring (bicyclic) bond motifs is 1. The zero-order valence-corrected chi connectivity index (χ0v) is 14.1. The topological polar surface area (TPSA) is 61.7 Å². The molecule has 4 rings (SSSR count). The number of aryl methyl sites for hydroxylation is 1. The predicted octanol–water partition coefficient (Wildman–Crippen LogP) is 3.57. The molecular formula is C20H24N2O2. The third-order valence-corrected chi connectivity index (χ3v) is 5.57. The van der Waals surface area contributed by atoms with Gasteiger partial charge in [-0.1, -0.05) is 42.7 Å². The van der Waals surface area contributed by atoms with Crippen molar-refractivity contribution < 1.29 is 9.90 Å². The highest BCUT2D eigenvalue weighted by Gasteiger charge is 2.37. The summed E-state index contributed by atoms with van der Waals surface area (Å²) >= 11 is 0. The van der Waals surface area contributed by atoms with Crippen LogP contribution in [0.15, 0.2) is 40.6 Å². The minimum absolute atomic E-state index is 0.00854. The largest absolute Gasteiger partial charge is 0.511 e. The van der Waals surface area contributed by atoms with Crippen LogP contribution in [0.5, 0.6) is 0 Å². The molecule has 1 unspecified atom stereocenters. The number of nitrogens with zero attached hydrogens (tertiary/aromatic N) is 1. The van der Waals surface area contributed by atoms with E-state index in [4.69, 9.17) is 4.99 Å². The average molecular weight is 324 g/mol. The first-order valence-corrected chi connectivity index (χ1v) is 8.98. The average Bonchev–Trinajstić information content (AvgIpc) is 2.98. The normalized spacial score (nSPS) is 30.0. The highest BCUT2D eigenvalue weighted by molar-refractivity contribution is 6.23. The second kappa shape index (κ2) is 6.08. The molecule has 1 saturated carbocycles. The van der Waals surface area contributed by atoms with Gasteiger partial charge in [-0.2, -0.15) is 0 Å². The minimum Gasteiger partial charge on any atom is -0.511 e. The van der Waals surface area contributed by atoms with Crippen LogP contribution in [0.3, 0.4) is 0 Å². The summed E-state index contributed by atoms with van der Waals surface area (Å²) in [6.07, 6.45) is 5.56. The molecule has 0 spiro atoms. The first-order valence-electron chi connectivity index (χ1n) is 8.98. The summed E-state index contributed by atoms with van der Waals surface area (Å²) in [5.41, 5.74) is 2.76. The lowest BCUT2D eigenvalue weighted by Gasteiger charge is -2.25. The molecule has 126 valence electrons. The number of ketones is 1. The lowest BCUT2D eigenvalue weighted by atomic mass is 9.82. The Labute approximate surface area is 142 Å². The van der Waals surface area contributed by atoms with Crippen LogP contribution >= 0.6 is 0 Å². The molecule has 0 amide bonds. The van der Waals surface area contributed by atoms with Crippen molar-refractivity contribution in [2.24, 2.45) is 4.99 Å². The molecule has 3 atom stereocenters. The number of nitrogens with one attached hydrogen (secondary N) is 1. The van der Waals surface area contributed by atoms with Crippen LogP contribution in [0.1, 0.15) is 55.6 Å². The Morgan fingerprint density at radius 3 is 2.58 bits per heavy atom. The number of hydrogen-bond donors (Lipinski definition) is 2. The van der Waals surface area contributed by atoms with Gasteiger partial charge in [-0.3, -0.25) is 9.79 Å². The van der Waals surface area contributed by atoms with Crippen molar-refractivity contribution >= 4 is 11.6 Å². The fraction of sp³-hybridized carbons (Fsp3) is 0.500. The van der Waals surface area contributed by atoms with Gasteiger partial charge >= 0.3 is 0 Å². The van der Waals surface area contributed by atoms with Gasteiger partial charge in [-0.15, -0.1) is 0 Å². The Morgan fingerprint density at radius 1 is 1.12 bits per heavy atom. The second-order valence-electron chi connectivity index (χ2n) is 7.34. The molecule has 2 aliphatic carbocycles. The van der Waals surface area contributed by atoms with Gasteiger partial charge in [-0.05, 0) is 31.2 Å². The summed E-state index contributed by atoms with van der Waals surface area (Å²) in [5, 5.41) is 14.0. The van der Waals surface area contributed by atoms with Crippen LogP contribution in [0.25, 0.3) is 0 Å². The van der Waals surface area contributed by atoms with Gasteiger partial charge in [0, 0.05) is 18.9 Å². The maximum absolute atomic E-state index is 12.7. The molecular weight excluding hydrogens is 300 g/mol. The molecule has 3 aliphatic rings. The van der Waals surface area contributed by atoms with E-state index in [-0.39, 0.29) is 23.5 Å². The molecule has 1 heterocycles. The van der Waals surface area contributed by atoms with Crippen LogP contribution in [0.4, 0.5) is 0 Å². The van der Waals surface area contributed by atoms with Gasteiger partial charge in [-0.25, -0.2) is 0 Å². The number of hydrogen-bond acceptors (Lipinski definition) is 4. The van der Waals surface area contributed by atoms with Gasteiger partial charge in [0.05, 0.1) is 11.6 Å². The maximum atomic E-state index is 12.7. The van der Waals surface area contributed by atoms with Gasteiger partial charge in [0.2, 0.25) is 0 Å². The zero-order chi connectivity index (χ0) is 16.7. The molecule has 1 aromatic carbocycles. The van der Waals surface area contributed by atoms with E-state index in [0.29, 0.717) is 30.3 Å². The van der Waals surface area contributed by atoms with Crippen LogP contribution in [0, 0.1) is 6.92 Å². The fourth-order valence-electron chi connectivity index (χ4n) is 4.19.